The lowest BCUT2D eigenvalue weighted by Gasteiger charge is -2.09. The molecule has 6 nitrogen and oxygen atoms in total. The van der Waals surface area contributed by atoms with Crippen LogP contribution in [0.5, 0.6) is 5.75 Å². The van der Waals surface area contributed by atoms with Crippen LogP contribution in [0.2, 0.25) is 0 Å². The number of thiazole rings is 1. The van der Waals surface area contributed by atoms with Crippen LogP contribution in [-0.2, 0) is 6.42 Å². The van der Waals surface area contributed by atoms with Crippen molar-refractivity contribution >= 4 is 39.0 Å². The van der Waals surface area contributed by atoms with Gasteiger partial charge in [-0.15, -0.1) is 11.3 Å². The minimum absolute atomic E-state index is 0.216. The maximum absolute atomic E-state index is 13.0. The zero-order valence-corrected chi connectivity index (χ0v) is 17.5. The summed E-state index contributed by atoms with van der Waals surface area (Å²) in [6.45, 7) is 4.52. The number of aromatic nitrogens is 1. The minimum Gasteiger partial charge on any atom is -0.490 e. The molecule has 7 heteroatoms. The number of aryl methyl sites for hydroxylation is 1. The van der Waals surface area contributed by atoms with Gasteiger partial charge in [-0.25, -0.2) is 9.98 Å². The summed E-state index contributed by atoms with van der Waals surface area (Å²) in [6, 6.07) is 15.2. The number of nitrogens with one attached hydrogen (secondary N) is 1. The summed E-state index contributed by atoms with van der Waals surface area (Å²) in [5.41, 5.74) is 3.00. The van der Waals surface area contributed by atoms with Crippen molar-refractivity contribution in [3.8, 4) is 5.75 Å². The average Bonchev–Trinajstić information content (AvgIpc) is 3.27. The highest BCUT2D eigenvalue weighted by molar-refractivity contribution is 7.13. The smallest absolute Gasteiger partial charge is 0.262 e. The molecule has 0 fully saturated rings. The molecule has 0 aliphatic carbocycles. The van der Waals surface area contributed by atoms with Crippen molar-refractivity contribution in [1.29, 1.82) is 0 Å². The number of nitrogens with zero attached hydrogens (tertiary/aromatic N) is 2. The molecule has 2 heterocycles. The van der Waals surface area contributed by atoms with Crippen molar-refractivity contribution in [1.82, 2.24) is 4.98 Å². The van der Waals surface area contributed by atoms with Gasteiger partial charge in [-0.2, -0.15) is 0 Å². The molecule has 4 aromatic rings. The van der Waals surface area contributed by atoms with E-state index in [4.69, 9.17) is 9.15 Å². The number of amides is 1. The SMILES string of the molecule is CCOc1cccc2cc(C(=O)Nc3nccs3)c(=Nc3ccc(CC)cc3)oc12. The first-order valence-corrected chi connectivity index (χ1v) is 10.6. The normalized spacial score (nSPS) is 11.6. The van der Waals surface area contributed by atoms with Gasteiger partial charge in [0.05, 0.1) is 12.3 Å². The number of carbonyl (C=O) groups is 1. The molecule has 0 atom stereocenters. The van der Waals surface area contributed by atoms with E-state index in [0.29, 0.717) is 34.3 Å². The van der Waals surface area contributed by atoms with E-state index in [0.717, 1.165) is 11.8 Å². The molecule has 0 aliphatic heterocycles. The number of hydrogen-bond donors (Lipinski definition) is 1. The van der Waals surface area contributed by atoms with Crippen molar-refractivity contribution in [2.75, 3.05) is 11.9 Å². The van der Waals surface area contributed by atoms with Crippen molar-refractivity contribution in [2.24, 2.45) is 4.99 Å². The Labute approximate surface area is 177 Å². The number of fused-ring (bicyclic) bond motifs is 1. The van der Waals surface area contributed by atoms with Crippen LogP contribution in [0.1, 0.15) is 29.8 Å². The van der Waals surface area contributed by atoms with Crippen LogP contribution in [-0.4, -0.2) is 17.5 Å². The maximum Gasteiger partial charge on any atom is 0.262 e. The molecular weight excluding hydrogens is 398 g/mol. The predicted octanol–water partition coefficient (Wildman–Crippen LogP) is 5.34. The van der Waals surface area contributed by atoms with Crippen LogP contribution in [0.25, 0.3) is 11.0 Å². The van der Waals surface area contributed by atoms with Crippen LogP contribution in [0.4, 0.5) is 10.8 Å². The van der Waals surface area contributed by atoms with E-state index in [1.165, 1.54) is 16.9 Å². The van der Waals surface area contributed by atoms with E-state index in [9.17, 15) is 4.79 Å². The lowest BCUT2D eigenvalue weighted by Crippen LogP contribution is -2.21. The average molecular weight is 420 g/mol. The standard InChI is InChI=1S/C23H21N3O3S/c1-3-15-8-10-17(11-9-15)25-22-18(21(27)26-23-24-12-13-30-23)14-16-6-5-7-19(28-4-2)20(16)29-22/h5-14H,3-4H2,1-2H3,(H,24,26,27). The van der Waals surface area contributed by atoms with Crippen molar-refractivity contribution in [3.05, 3.63) is 76.8 Å². The van der Waals surface area contributed by atoms with Gasteiger partial charge < -0.3 is 9.15 Å². The molecule has 152 valence electrons. The molecule has 0 saturated heterocycles. The fourth-order valence-electron chi connectivity index (χ4n) is 3.01. The van der Waals surface area contributed by atoms with Crippen LogP contribution in [0.15, 0.2) is 69.5 Å². The van der Waals surface area contributed by atoms with Gasteiger partial charge in [-0.3, -0.25) is 10.1 Å². The molecule has 0 saturated carbocycles. The lowest BCUT2D eigenvalue weighted by molar-refractivity contribution is 0.102. The van der Waals surface area contributed by atoms with Gasteiger partial charge in [0, 0.05) is 17.0 Å². The highest BCUT2D eigenvalue weighted by atomic mass is 32.1. The Bertz CT molecular complexity index is 1230. The summed E-state index contributed by atoms with van der Waals surface area (Å²) < 4.78 is 11.8. The van der Waals surface area contributed by atoms with E-state index in [1.807, 2.05) is 49.4 Å². The molecule has 0 unspecified atom stereocenters. The zero-order valence-electron chi connectivity index (χ0n) is 16.7. The summed E-state index contributed by atoms with van der Waals surface area (Å²) >= 11 is 1.35. The summed E-state index contributed by atoms with van der Waals surface area (Å²) in [4.78, 5) is 21.7. The van der Waals surface area contributed by atoms with Gasteiger partial charge in [-0.1, -0.05) is 31.2 Å². The van der Waals surface area contributed by atoms with Crippen molar-refractivity contribution in [2.45, 2.75) is 20.3 Å². The Balaban J connectivity index is 1.87. The number of benzene rings is 2. The second-order valence-electron chi connectivity index (χ2n) is 6.50. The fourth-order valence-corrected chi connectivity index (χ4v) is 3.54. The third-order valence-corrected chi connectivity index (χ3v) is 5.20. The van der Waals surface area contributed by atoms with E-state index in [-0.39, 0.29) is 11.5 Å². The van der Waals surface area contributed by atoms with Crippen LogP contribution in [0, 0.1) is 0 Å². The molecule has 1 N–H and O–H groups in total. The quantitative estimate of drug-likeness (QED) is 0.458. The molecule has 0 spiro atoms. The number of anilines is 1. The maximum atomic E-state index is 13.0. The molecule has 2 aromatic carbocycles. The summed E-state index contributed by atoms with van der Waals surface area (Å²) in [7, 11) is 0. The third-order valence-electron chi connectivity index (χ3n) is 4.51. The Morgan fingerprint density at radius 1 is 1.20 bits per heavy atom. The first-order chi connectivity index (χ1) is 14.7. The Hall–Kier alpha value is -3.45. The van der Waals surface area contributed by atoms with Gasteiger partial charge in [0.1, 0.15) is 5.56 Å². The predicted molar refractivity (Wildman–Crippen MR) is 118 cm³/mol. The Morgan fingerprint density at radius 3 is 2.73 bits per heavy atom. The Morgan fingerprint density at radius 2 is 2.03 bits per heavy atom. The highest BCUT2D eigenvalue weighted by Gasteiger charge is 2.16. The third kappa shape index (κ3) is 4.26. The summed E-state index contributed by atoms with van der Waals surface area (Å²) in [5.74, 6) is 0.279. The molecular formula is C23H21N3O3S. The lowest BCUT2D eigenvalue weighted by atomic mass is 10.1. The monoisotopic (exact) mass is 419 g/mol. The van der Waals surface area contributed by atoms with Crippen LogP contribution < -0.4 is 15.6 Å². The first-order valence-electron chi connectivity index (χ1n) is 9.72. The van der Waals surface area contributed by atoms with Crippen molar-refractivity contribution in [3.63, 3.8) is 0 Å². The zero-order chi connectivity index (χ0) is 20.9. The van der Waals surface area contributed by atoms with E-state index >= 15 is 0 Å². The Kier molecular flexibility index (Phi) is 5.90. The van der Waals surface area contributed by atoms with E-state index in [2.05, 4.69) is 22.2 Å². The van der Waals surface area contributed by atoms with E-state index < -0.39 is 0 Å². The van der Waals surface area contributed by atoms with Gasteiger partial charge in [0.15, 0.2) is 16.5 Å². The molecule has 2 aromatic heterocycles. The van der Waals surface area contributed by atoms with E-state index in [1.54, 1.807) is 17.6 Å². The molecule has 4 rings (SSSR count). The minimum atomic E-state index is -0.332. The number of para-hydroxylation sites is 1. The fraction of sp³-hybridized carbons (Fsp3) is 0.174. The van der Waals surface area contributed by atoms with Crippen molar-refractivity contribution < 1.29 is 13.9 Å². The largest absolute Gasteiger partial charge is 0.490 e. The second kappa shape index (κ2) is 8.92. The second-order valence-corrected chi connectivity index (χ2v) is 7.39. The molecule has 0 bridgehead atoms. The number of rotatable bonds is 6. The molecule has 0 radical (unpaired) electrons. The first kappa shape index (κ1) is 19.8. The van der Waals surface area contributed by atoms with Gasteiger partial charge in [-0.05, 0) is 43.2 Å². The van der Waals surface area contributed by atoms with Crippen LogP contribution in [0.3, 0.4) is 0 Å². The number of hydrogen-bond acceptors (Lipinski definition) is 6. The van der Waals surface area contributed by atoms with Gasteiger partial charge in [0.2, 0.25) is 5.55 Å². The number of carbonyl (C=O) groups excluding carboxylic acids is 1. The molecule has 1 amide bonds. The molecule has 0 aliphatic rings. The van der Waals surface area contributed by atoms with Gasteiger partial charge in [0.25, 0.3) is 5.91 Å². The summed E-state index contributed by atoms with van der Waals surface area (Å²) in [6.07, 6.45) is 2.58. The highest BCUT2D eigenvalue weighted by Crippen LogP contribution is 2.26. The summed E-state index contributed by atoms with van der Waals surface area (Å²) in [5, 5.41) is 5.88. The van der Waals surface area contributed by atoms with Gasteiger partial charge >= 0.3 is 0 Å². The number of ether oxygens (including phenoxy) is 1. The van der Waals surface area contributed by atoms with Crippen LogP contribution >= 0.6 is 11.3 Å². The topological polar surface area (TPSA) is 76.7 Å². The molecule has 30 heavy (non-hydrogen) atoms.